The zero-order valence-electron chi connectivity index (χ0n) is 12.3. The molecule has 0 aliphatic heterocycles. The van der Waals surface area contributed by atoms with E-state index in [9.17, 15) is 22.0 Å². The van der Waals surface area contributed by atoms with E-state index < -0.39 is 36.7 Å². The number of ether oxygens (including phenoxy) is 1. The van der Waals surface area contributed by atoms with Crippen LogP contribution in [0.3, 0.4) is 0 Å². The van der Waals surface area contributed by atoms with Crippen molar-refractivity contribution in [1.29, 1.82) is 0 Å². The molecule has 1 heterocycles. The lowest BCUT2D eigenvalue weighted by molar-refractivity contribution is 0.415. The first-order valence-corrected chi connectivity index (χ1v) is 8.22. The monoisotopic (exact) mass is 351 g/mol. The normalized spacial score (nSPS) is 11.6. The maximum atomic E-state index is 13.3. The van der Waals surface area contributed by atoms with Crippen LogP contribution in [0.2, 0.25) is 0 Å². The second-order valence-corrected chi connectivity index (χ2v) is 6.92. The van der Waals surface area contributed by atoms with E-state index in [1.54, 1.807) is 12.1 Å². The van der Waals surface area contributed by atoms with E-state index in [4.69, 9.17) is 4.74 Å². The second kappa shape index (κ2) is 5.72. The molecule has 8 heteroatoms. The summed E-state index contributed by atoms with van der Waals surface area (Å²) in [4.78, 5) is 14.0. The number of fused-ring (bicyclic) bond motifs is 1. The van der Waals surface area contributed by atoms with E-state index in [2.05, 4.69) is 4.98 Å². The molecular weight excluding hydrogens is 340 g/mol. The maximum Gasteiger partial charge on any atom is 0.212 e. The molecule has 1 aromatic heterocycles. The first-order valence-electron chi connectivity index (χ1n) is 6.73. The van der Waals surface area contributed by atoms with Crippen LogP contribution in [-0.2, 0) is 9.84 Å². The number of sulfone groups is 1. The Morgan fingerprint density at radius 1 is 1.04 bits per heavy atom. The van der Waals surface area contributed by atoms with Crippen molar-refractivity contribution < 1.29 is 21.9 Å². The standard InChI is InChI=1S/C16H11F2NO4S/c1-23-11-2-3-14-13(7-11)16(20)15(8-19-14)24(21,22)12-5-9(17)4-10(18)6-12/h2-8H,1H3,(H,19,20). The molecule has 0 aliphatic rings. The highest BCUT2D eigenvalue weighted by Gasteiger charge is 2.24. The minimum absolute atomic E-state index is 0.0901. The number of halogens is 2. The first kappa shape index (κ1) is 16.1. The van der Waals surface area contributed by atoms with E-state index >= 15 is 0 Å². The molecule has 1 N–H and O–H groups in total. The largest absolute Gasteiger partial charge is 0.497 e. The summed E-state index contributed by atoms with van der Waals surface area (Å²) in [6.45, 7) is 0. The summed E-state index contributed by atoms with van der Waals surface area (Å²) in [6, 6.07) is 6.43. The van der Waals surface area contributed by atoms with Crippen molar-refractivity contribution in [3.05, 3.63) is 64.5 Å². The van der Waals surface area contributed by atoms with Gasteiger partial charge in [-0.1, -0.05) is 0 Å². The highest BCUT2D eigenvalue weighted by molar-refractivity contribution is 7.91. The zero-order chi connectivity index (χ0) is 17.5. The Labute approximate surface area is 135 Å². The molecule has 2 aromatic carbocycles. The Bertz CT molecular complexity index is 1090. The van der Waals surface area contributed by atoms with E-state index in [-0.39, 0.29) is 5.39 Å². The van der Waals surface area contributed by atoms with Gasteiger partial charge in [0, 0.05) is 17.8 Å². The zero-order valence-corrected chi connectivity index (χ0v) is 13.2. The van der Waals surface area contributed by atoms with Crippen molar-refractivity contribution in [2.24, 2.45) is 0 Å². The molecule has 124 valence electrons. The van der Waals surface area contributed by atoms with Gasteiger partial charge in [0.05, 0.1) is 17.4 Å². The van der Waals surface area contributed by atoms with Gasteiger partial charge in [-0.15, -0.1) is 0 Å². The summed E-state index contributed by atoms with van der Waals surface area (Å²) in [6.07, 6.45) is 1.01. The second-order valence-electron chi connectivity index (χ2n) is 5.00. The Hall–Kier alpha value is -2.74. The highest BCUT2D eigenvalue weighted by atomic mass is 32.2. The van der Waals surface area contributed by atoms with E-state index in [0.29, 0.717) is 29.5 Å². The average molecular weight is 351 g/mol. The van der Waals surface area contributed by atoms with E-state index in [1.165, 1.54) is 13.2 Å². The van der Waals surface area contributed by atoms with Crippen molar-refractivity contribution in [2.45, 2.75) is 9.79 Å². The number of hydrogen-bond donors (Lipinski definition) is 1. The van der Waals surface area contributed by atoms with Gasteiger partial charge in [-0.05, 0) is 30.3 Å². The van der Waals surface area contributed by atoms with E-state index in [0.717, 1.165) is 6.20 Å². The molecule has 0 bridgehead atoms. The van der Waals surface area contributed by atoms with Gasteiger partial charge in [0.2, 0.25) is 15.3 Å². The van der Waals surface area contributed by atoms with Crippen LogP contribution < -0.4 is 10.2 Å². The number of aromatic amines is 1. The number of aromatic nitrogens is 1. The molecule has 0 amide bonds. The predicted molar refractivity (Wildman–Crippen MR) is 82.9 cm³/mol. The number of H-pyrrole nitrogens is 1. The predicted octanol–water partition coefficient (Wildman–Crippen LogP) is 2.65. The van der Waals surface area contributed by atoms with Crippen molar-refractivity contribution in [3.63, 3.8) is 0 Å². The van der Waals surface area contributed by atoms with Crippen LogP contribution in [0.1, 0.15) is 0 Å². The fourth-order valence-corrected chi connectivity index (χ4v) is 3.67. The van der Waals surface area contributed by atoms with Gasteiger partial charge in [-0.25, -0.2) is 17.2 Å². The average Bonchev–Trinajstić information content (AvgIpc) is 2.54. The Balaban J connectivity index is 2.28. The van der Waals surface area contributed by atoms with Crippen molar-refractivity contribution in [1.82, 2.24) is 4.98 Å². The molecule has 0 spiro atoms. The molecule has 0 saturated carbocycles. The summed E-state index contributed by atoms with van der Waals surface area (Å²) in [5.41, 5.74) is -0.377. The van der Waals surface area contributed by atoms with Crippen LogP contribution >= 0.6 is 0 Å². The van der Waals surface area contributed by atoms with Gasteiger partial charge in [-0.3, -0.25) is 4.79 Å². The summed E-state index contributed by atoms with van der Waals surface area (Å²) >= 11 is 0. The minimum atomic E-state index is -4.39. The molecule has 0 fully saturated rings. The van der Waals surface area contributed by atoms with Crippen LogP contribution in [0.4, 0.5) is 8.78 Å². The number of methoxy groups -OCH3 is 1. The summed E-state index contributed by atoms with van der Waals surface area (Å²) in [5.74, 6) is -1.72. The third kappa shape index (κ3) is 2.65. The molecule has 0 aliphatic carbocycles. The van der Waals surface area contributed by atoms with Crippen molar-refractivity contribution in [2.75, 3.05) is 7.11 Å². The number of nitrogens with one attached hydrogen (secondary N) is 1. The van der Waals surface area contributed by atoms with Crippen molar-refractivity contribution in [3.8, 4) is 5.75 Å². The summed E-state index contributed by atoms with van der Waals surface area (Å²) < 4.78 is 56.8. The number of benzene rings is 2. The molecular formula is C16H11F2NO4S. The molecule has 0 atom stereocenters. The van der Waals surface area contributed by atoms with Crippen molar-refractivity contribution >= 4 is 20.7 Å². The lowest BCUT2D eigenvalue weighted by Crippen LogP contribution is -2.16. The van der Waals surface area contributed by atoms with Crippen LogP contribution in [0.25, 0.3) is 10.9 Å². The molecule has 3 aromatic rings. The van der Waals surface area contributed by atoms with Gasteiger partial charge in [0.15, 0.2) is 0 Å². The Morgan fingerprint density at radius 2 is 1.71 bits per heavy atom. The lowest BCUT2D eigenvalue weighted by Gasteiger charge is -2.07. The van der Waals surface area contributed by atoms with Crippen LogP contribution in [0, 0.1) is 11.6 Å². The molecule has 3 rings (SSSR count). The minimum Gasteiger partial charge on any atom is -0.497 e. The summed E-state index contributed by atoms with van der Waals surface area (Å²) in [5, 5.41) is 0.0901. The lowest BCUT2D eigenvalue weighted by atomic mass is 10.2. The number of pyridine rings is 1. The number of hydrogen-bond acceptors (Lipinski definition) is 4. The Morgan fingerprint density at radius 3 is 2.33 bits per heavy atom. The number of rotatable bonds is 3. The fraction of sp³-hybridized carbons (Fsp3) is 0.0625. The Kier molecular flexibility index (Phi) is 3.84. The van der Waals surface area contributed by atoms with Gasteiger partial charge in [0.25, 0.3) is 0 Å². The fourth-order valence-electron chi connectivity index (χ4n) is 2.32. The molecule has 0 radical (unpaired) electrons. The molecule has 24 heavy (non-hydrogen) atoms. The topological polar surface area (TPSA) is 76.2 Å². The van der Waals surface area contributed by atoms with Gasteiger partial charge < -0.3 is 9.72 Å². The molecule has 0 unspecified atom stereocenters. The first-order chi connectivity index (χ1) is 11.3. The maximum absolute atomic E-state index is 13.3. The molecule has 5 nitrogen and oxygen atoms in total. The van der Waals surface area contributed by atoms with Crippen LogP contribution in [-0.4, -0.2) is 20.5 Å². The van der Waals surface area contributed by atoms with Gasteiger partial charge in [0.1, 0.15) is 22.3 Å². The quantitative estimate of drug-likeness (QED) is 0.787. The molecule has 0 saturated heterocycles. The third-order valence-corrected chi connectivity index (χ3v) is 5.23. The van der Waals surface area contributed by atoms with Crippen LogP contribution in [0.5, 0.6) is 5.75 Å². The van der Waals surface area contributed by atoms with E-state index in [1.807, 2.05) is 0 Å². The third-order valence-electron chi connectivity index (χ3n) is 3.49. The van der Waals surface area contributed by atoms with Crippen LogP contribution in [0.15, 0.2) is 57.2 Å². The highest BCUT2D eigenvalue weighted by Crippen LogP contribution is 2.23. The van der Waals surface area contributed by atoms with Gasteiger partial charge in [-0.2, -0.15) is 0 Å². The summed E-state index contributed by atoms with van der Waals surface area (Å²) in [7, 11) is -2.98. The SMILES string of the molecule is COc1ccc2[nH]cc(S(=O)(=O)c3cc(F)cc(F)c3)c(=O)c2c1. The smallest absolute Gasteiger partial charge is 0.212 e. The van der Waals surface area contributed by atoms with Gasteiger partial charge >= 0.3 is 0 Å².